The summed E-state index contributed by atoms with van der Waals surface area (Å²) in [6.45, 7) is 2.90. The summed E-state index contributed by atoms with van der Waals surface area (Å²) >= 11 is 0. The van der Waals surface area contributed by atoms with Gasteiger partial charge in [0.15, 0.2) is 6.10 Å². The van der Waals surface area contributed by atoms with Gasteiger partial charge in [-0.1, -0.05) is 50.2 Å². The normalized spacial score (nSPS) is 18.6. The number of phenolic OH excluding ortho intramolecular Hbond substituents is 1. The first kappa shape index (κ1) is 30.6. The van der Waals surface area contributed by atoms with Gasteiger partial charge in [0.25, 0.3) is 17.7 Å². The fourth-order valence-corrected chi connectivity index (χ4v) is 5.13. The number of aromatic nitrogens is 1. The van der Waals surface area contributed by atoms with Crippen LogP contribution < -0.4 is 10.6 Å². The Balaban J connectivity index is 1.62. The molecule has 4 N–H and O–H groups in total. The van der Waals surface area contributed by atoms with Gasteiger partial charge in [-0.15, -0.1) is 0 Å². The highest BCUT2D eigenvalue weighted by Gasteiger charge is 2.64. The van der Waals surface area contributed by atoms with Crippen molar-refractivity contribution in [2.24, 2.45) is 5.41 Å². The van der Waals surface area contributed by atoms with E-state index in [9.17, 15) is 24.6 Å². The Morgan fingerprint density at radius 3 is 2.36 bits per heavy atom. The number of halogens is 2. The number of rotatable bonds is 9. The van der Waals surface area contributed by atoms with Crippen molar-refractivity contribution in [3.8, 4) is 5.75 Å². The molecule has 3 aromatic rings. The zero-order chi connectivity index (χ0) is 30.7. The average molecular weight is 581 g/mol. The molecule has 4 rings (SSSR count). The largest absolute Gasteiger partial charge is 0.508 e. The van der Waals surface area contributed by atoms with Crippen LogP contribution in [0.25, 0.3) is 0 Å². The number of likely N-dealkylation sites (tertiary alicyclic amines) is 1. The van der Waals surface area contributed by atoms with E-state index in [2.05, 4.69) is 15.6 Å². The molecule has 222 valence electrons. The first-order valence-electron chi connectivity index (χ1n) is 13.5. The molecule has 1 aliphatic rings. The maximum Gasteiger partial charge on any atom is 0.272 e. The van der Waals surface area contributed by atoms with E-state index in [0.717, 1.165) is 0 Å². The maximum atomic E-state index is 15.3. The summed E-state index contributed by atoms with van der Waals surface area (Å²) in [7, 11) is 0. The Hall–Kier alpha value is -4.38. The van der Waals surface area contributed by atoms with E-state index in [1.54, 1.807) is 49.4 Å². The summed E-state index contributed by atoms with van der Waals surface area (Å²) in [5.41, 5.74) is -0.189. The molecule has 1 fully saturated rings. The van der Waals surface area contributed by atoms with Gasteiger partial charge in [0.05, 0.1) is 18.0 Å². The first-order chi connectivity index (χ1) is 19.8. The smallest absolute Gasteiger partial charge is 0.272 e. The Morgan fingerprint density at radius 2 is 1.69 bits per heavy atom. The Bertz CT molecular complexity index is 1440. The second-order valence-corrected chi connectivity index (χ2v) is 11.0. The van der Waals surface area contributed by atoms with Crippen LogP contribution >= 0.6 is 0 Å². The molecule has 2 aromatic carbocycles. The number of aromatic hydroxyl groups is 1. The minimum atomic E-state index is -3.45. The van der Waals surface area contributed by atoms with Gasteiger partial charge in [-0.3, -0.25) is 19.4 Å². The first-order valence-corrected chi connectivity index (χ1v) is 13.5. The van der Waals surface area contributed by atoms with Crippen molar-refractivity contribution < 1.29 is 33.4 Å². The number of alkyl halides is 2. The molecule has 2 heterocycles. The second kappa shape index (κ2) is 12.2. The van der Waals surface area contributed by atoms with Crippen molar-refractivity contribution in [3.63, 3.8) is 0 Å². The molecule has 1 saturated heterocycles. The molecule has 1 aliphatic heterocycles. The van der Waals surface area contributed by atoms with Crippen molar-refractivity contribution in [3.05, 3.63) is 95.3 Å². The van der Waals surface area contributed by atoms with Gasteiger partial charge in [-0.25, -0.2) is 8.78 Å². The quantitative estimate of drug-likeness (QED) is 0.308. The minimum absolute atomic E-state index is 0.0100. The molecule has 3 amide bonds. The van der Waals surface area contributed by atoms with Crippen LogP contribution in [0.3, 0.4) is 0 Å². The lowest BCUT2D eigenvalue weighted by Gasteiger charge is -2.34. The van der Waals surface area contributed by atoms with Crippen LogP contribution in [0, 0.1) is 12.3 Å². The summed E-state index contributed by atoms with van der Waals surface area (Å²) in [6, 6.07) is 13.6. The number of nitrogens with one attached hydrogen (secondary N) is 2. The maximum absolute atomic E-state index is 15.3. The second-order valence-electron chi connectivity index (χ2n) is 11.0. The Kier molecular flexibility index (Phi) is 8.91. The summed E-state index contributed by atoms with van der Waals surface area (Å²) < 4.78 is 30.5. The SMILES string of the molecule is Cc1c(O)cccc1C(=O)N[C@@H](Cc1ccccc1)[C@H](O)C(=O)N1CC(F)(F)C(C)(C)C1C(=O)NCc1ccncc1. The number of hydrogen-bond acceptors (Lipinski definition) is 6. The summed E-state index contributed by atoms with van der Waals surface area (Å²) in [4.78, 5) is 44.9. The topological polar surface area (TPSA) is 132 Å². The number of aliphatic hydroxyl groups is 1. The molecule has 0 aliphatic carbocycles. The molecule has 0 bridgehead atoms. The lowest BCUT2D eigenvalue weighted by Crippen LogP contribution is -2.57. The van der Waals surface area contributed by atoms with Crippen LogP contribution in [0.1, 0.15) is 40.9 Å². The average Bonchev–Trinajstić information content (AvgIpc) is 3.16. The molecule has 0 saturated carbocycles. The van der Waals surface area contributed by atoms with Crippen molar-refractivity contribution in [2.75, 3.05) is 6.54 Å². The van der Waals surface area contributed by atoms with Gasteiger partial charge < -0.3 is 25.7 Å². The number of phenols is 1. The number of pyridine rings is 1. The van der Waals surface area contributed by atoms with E-state index in [-0.39, 0.29) is 24.3 Å². The standard InChI is InChI=1S/C31H34F2N4O5/c1-19-22(10-7-11-24(19)38)27(40)36-23(16-20-8-5-4-6-9-20)25(39)29(42)37-18-31(32,33)30(2,3)26(37)28(41)35-17-21-12-14-34-15-13-21/h4-15,23,25-26,38-39H,16-18H2,1-3H3,(H,35,41)(H,36,40)/t23-,25-,26?/m0/s1. The number of amides is 3. The third kappa shape index (κ3) is 6.25. The van der Waals surface area contributed by atoms with Crippen LogP contribution in [0.15, 0.2) is 73.1 Å². The number of carbonyl (C=O) groups excluding carboxylic acids is 3. The number of aliphatic hydroxyl groups excluding tert-OH is 1. The van der Waals surface area contributed by atoms with Crippen molar-refractivity contribution >= 4 is 17.7 Å². The van der Waals surface area contributed by atoms with E-state index in [1.807, 2.05) is 0 Å². The highest BCUT2D eigenvalue weighted by Crippen LogP contribution is 2.48. The molecule has 1 unspecified atom stereocenters. The summed E-state index contributed by atoms with van der Waals surface area (Å²) in [5.74, 6) is -6.14. The summed E-state index contributed by atoms with van der Waals surface area (Å²) in [5, 5.41) is 26.6. The van der Waals surface area contributed by atoms with Crippen LogP contribution in [-0.2, 0) is 22.6 Å². The number of nitrogens with zero attached hydrogens (tertiary/aromatic N) is 2. The van der Waals surface area contributed by atoms with E-state index in [4.69, 9.17) is 0 Å². The van der Waals surface area contributed by atoms with Crippen LogP contribution in [0.2, 0.25) is 0 Å². The molecular formula is C31H34F2N4O5. The van der Waals surface area contributed by atoms with Gasteiger partial charge in [-0.05, 0) is 48.7 Å². The van der Waals surface area contributed by atoms with Crippen molar-refractivity contribution in [1.29, 1.82) is 0 Å². The summed E-state index contributed by atoms with van der Waals surface area (Å²) in [6.07, 6.45) is 1.08. The van der Waals surface area contributed by atoms with Gasteiger partial charge >= 0.3 is 0 Å². The molecule has 9 nitrogen and oxygen atoms in total. The molecule has 0 spiro atoms. The van der Waals surface area contributed by atoms with Gasteiger partial charge in [0.2, 0.25) is 5.91 Å². The van der Waals surface area contributed by atoms with E-state index < -0.39 is 53.8 Å². The van der Waals surface area contributed by atoms with Gasteiger partial charge in [0, 0.05) is 30.1 Å². The zero-order valence-electron chi connectivity index (χ0n) is 23.6. The number of hydrogen-bond donors (Lipinski definition) is 4. The van der Waals surface area contributed by atoms with Crippen molar-refractivity contribution in [2.45, 2.75) is 57.8 Å². The van der Waals surface area contributed by atoms with Gasteiger partial charge in [0.1, 0.15) is 11.8 Å². The lowest BCUT2D eigenvalue weighted by atomic mass is 9.81. The molecule has 11 heteroatoms. The van der Waals surface area contributed by atoms with Crippen LogP contribution in [0.5, 0.6) is 5.75 Å². The Labute approximate surface area is 242 Å². The number of carbonyl (C=O) groups is 3. The van der Waals surface area contributed by atoms with Gasteiger partial charge in [-0.2, -0.15) is 0 Å². The highest BCUT2D eigenvalue weighted by atomic mass is 19.3. The highest BCUT2D eigenvalue weighted by molar-refractivity contribution is 5.97. The fourth-order valence-electron chi connectivity index (χ4n) is 5.13. The lowest BCUT2D eigenvalue weighted by molar-refractivity contribution is -0.148. The molecule has 42 heavy (non-hydrogen) atoms. The molecule has 0 radical (unpaired) electrons. The monoisotopic (exact) mass is 580 g/mol. The van der Waals surface area contributed by atoms with Crippen LogP contribution in [-0.4, -0.2) is 68.5 Å². The third-order valence-corrected chi connectivity index (χ3v) is 7.85. The zero-order valence-corrected chi connectivity index (χ0v) is 23.6. The molecular weight excluding hydrogens is 546 g/mol. The van der Waals surface area contributed by atoms with Crippen molar-refractivity contribution in [1.82, 2.24) is 20.5 Å². The Morgan fingerprint density at radius 1 is 1.02 bits per heavy atom. The van der Waals surface area contributed by atoms with Crippen LogP contribution in [0.4, 0.5) is 8.78 Å². The predicted octanol–water partition coefficient (Wildman–Crippen LogP) is 2.99. The van der Waals surface area contributed by atoms with E-state index in [0.29, 0.717) is 21.6 Å². The fraction of sp³-hybridized carbons (Fsp3) is 0.355. The molecule has 1 aromatic heterocycles. The molecule has 3 atom stereocenters. The number of benzene rings is 2. The van der Waals surface area contributed by atoms with E-state index >= 15 is 8.78 Å². The third-order valence-electron chi connectivity index (χ3n) is 7.85. The minimum Gasteiger partial charge on any atom is -0.508 e. The van der Waals surface area contributed by atoms with E-state index in [1.165, 1.54) is 44.4 Å². The predicted molar refractivity (Wildman–Crippen MR) is 151 cm³/mol.